The highest BCUT2D eigenvalue weighted by Gasteiger charge is 2.33. The van der Waals surface area contributed by atoms with Gasteiger partial charge in [-0.2, -0.15) is 0 Å². The molecule has 1 fully saturated rings. The van der Waals surface area contributed by atoms with Crippen LogP contribution in [0.2, 0.25) is 5.15 Å². The smallest absolute Gasteiger partial charge is 0.254 e. The van der Waals surface area contributed by atoms with Crippen LogP contribution in [-0.4, -0.2) is 41.0 Å². The van der Waals surface area contributed by atoms with E-state index in [2.05, 4.69) is 58.8 Å². The first-order chi connectivity index (χ1) is 10.7. The Morgan fingerprint density at radius 1 is 1.43 bits per heavy atom. The molecule has 0 spiro atoms. The van der Waals surface area contributed by atoms with Crippen LogP contribution in [0.4, 0.5) is 0 Å². The zero-order chi connectivity index (χ0) is 17.2. The van der Waals surface area contributed by atoms with E-state index in [1.165, 1.54) is 6.42 Å². The van der Waals surface area contributed by atoms with Gasteiger partial charge in [0.25, 0.3) is 5.91 Å². The van der Waals surface area contributed by atoms with Crippen LogP contribution in [0.5, 0.6) is 0 Å². The molecule has 1 aliphatic heterocycles. The Morgan fingerprint density at radius 3 is 2.65 bits per heavy atom. The van der Waals surface area contributed by atoms with E-state index in [4.69, 9.17) is 11.6 Å². The lowest BCUT2D eigenvalue weighted by Gasteiger charge is -2.45. The van der Waals surface area contributed by atoms with Crippen LogP contribution in [0.15, 0.2) is 16.7 Å². The molecule has 0 radical (unpaired) electrons. The third-order valence-electron chi connectivity index (χ3n) is 4.46. The van der Waals surface area contributed by atoms with Crippen molar-refractivity contribution in [3.63, 3.8) is 0 Å². The number of carbonyl (C=O) groups is 1. The molecule has 1 aliphatic rings. The van der Waals surface area contributed by atoms with Crippen LogP contribution in [0, 0.1) is 11.8 Å². The predicted molar refractivity (Wildman–Crippen MR) is 97.9 cm³/mol. The molecule has 2 heterocycles. The SMILES string of the molecule is CC1CC(C)CN(C(C)(C)CNC(=O)c2cc(Br)cnc2Cl)C1. The van der Waals surface area contributed by atoms with Crippen LogP contribution in [0.25, 0.3) is 0 Å². The molecule has 0 aliphatic carbocycles. The fourth-order valence-electron chi connectivity index (χ4n) is 3.24. The van der Waals surface area contributed by atoms with Crippen molar-refractivity contribution in [1.82, 2.24) is 15.2 Å². The maximum atomic E-state index is 12.4. The minimum absolute atomic E-state index is 0.0927. The van der Waals surface area contributed by atoms with Gasteiger partial charge < -0.3 is 5.32 Å². The summed E-state index contributed by atoms with van der Waals surface area (Å²) in [6.07, 6.45) is 2.86. The molecule has 2 atom stereocenters. The fourth-order valence-corrected chi connectivity index (χ4v) is 3.76. The number of hydrogen-bond donors (Lipinski definition) is 1. The largest absolute Gasteiger partial charge is 0.350 e. The monoisotopic (exact) mass is 401 g/mol. The molecule has 0 saturated carbocycles. The molecule has 1 aromatic heterocycles. The van der Waals surface area contributed by atoms with Gasteiger partial charge in [-0.05, 0) is 54.1 Å². The zero-order valence-electron chi connectivity index (χ0n) is 14.2. The summed E-state index contributed by atoms with van der Waals surface area (Å²) in [5, 5.41) is 3.23. The fraction of sp³-hybridized carbons (Fsp3) is 0.647. The average Bonchev–Trinajstić information content (AvgIpc) is 2.46. The molecule has 1 saturated heterocycles. The second-order valence-corrected chi connectivity index (χ2v) is 8.61. The number of rotatable bonds is 4. The number of nitrogens with zero attached hydrogens (tertiary/aromatic N) is 2. The molecule has 2 rings (SSSR count). The molecular weight excluding hydrogens is 378 g/mol. The molecule has 6 heteroatoms. The average molecular weight is 403 g/mol. The third-order valence-corrected chi connectivity index (χ3v) is 5.19. The highest BCUT2D eigenvalue weighted by Crippen LogP contribution is 2.27. The van der Waals surface area contributed by atoms with E-state index in [0.717, 1.165) is 17.6 Å². The third kappa shape index (κ3) is 4.91. The van der Waals surface area contributed by atoms with Crippen LogP contribution in [0.1, 0.15) is 44.5 Å². The van der Waals surface area contributed by atoms with Gasteiger partial charge in [0.1, 0.15) is 5.15 Å². The van der Waals surface area contributed by atoms with Crippen LogP contribution in [-0.2, 0) is 0 Å². The number of carbonyl (C=O) groups excluding carboxylic acids is 1. The van der Waals surface area contributed by atoms with Crippen molar-refractivity contribution < 1.29 is 4.79 Å². The van der Waals surface area contributed by atoms with Crippen molar-refractivity contribution in [2.75, 3.05) is 19.6 Å². The molecule has 1 N–H and O–H groups in total. The van der Waals surface area contributed by atoms with Crippen molar-refractivity contribution in [2.45, 2.75) is 39.7 Å². The Morgan fingerprint density at radius 2 is 2.04 bits per heavy atom. The van der Waals surface area contributed by atoms with E-state index < -0.39 is 0 Å². The number of aromatic nitrogens is 1. The number of likely N-dealkylation sites (tertiary alicyclic amines) is 1. The predicted octanol–water partition coefficient (Wildman–Crippen LogP) is 3.98. The Kier molecular flexibility index (Phi) is 6.09. The Hall–Kier alpha value is -0.650. The summed E-state index contributed by atoms with van der Waals surface area (Å²) >= 11 is 9.35. The minimum Gasteiger partial charge on any atom is -0.350 e. The first-order valence-corrected chi connectivity index (χ1v) is 9.20. The maximum Gasteiger partial charge on any atom is 0.254 e. The molecular formula is C17H25BrClN3O. The van der Waals surface area contributed by atoms with Crippen molar-refractivity contribution in [1.29, 1.82) is 0 Å². The topological polar surface area (TPSA) is 45.2 Å². The summed E-state index contributed by atoms with van der Waals surface area (Å²) < 4.78 is 0.741. The van der Waals surface area contributed by atoms with Gasteiger partial charge in [0.2, 0.25) is 0 Å². The number of hydrogen-bond acceptors (Lipinski definition) is 3. The molecule has 0 bridgehead atoms. The number of piperidine rings is 1. The van der Waals surface area contributed by atoms with Gasteiger partial charge >= 0.3 is 0 Å². The summed E-state index contributed by atoms with van der Waals surface area (Å²) in [6, 6.07) is 1.70. The number of halogens is 2. The molecule has 128 valence electrons. The van der Waals surface area contributed by atoms with Gasteiger partial charge in [0.05, 0.1) is 5.56 Å². The molecule has 2 unspecified atom stereocenters. The van der Waals surface area contributed by atoms with Crippen molar-refractivity contribution >= 4 is 33.4 Å². The van der Waals surface area contributed by atoms with Crippen molar-refractivity contribution in [2.24, 2.45) is 11.8 Å². The van der Waals surface area contributed by atoms with Gasteiger partial charge in [0.15, 0.2) is 0 Å². The van der Waals surface area contributed by atoms with E-state index in [0.29, 0.717) is 23.9 Å². The molecule has 4 nitrogen and oxygen atoms in total. The lowest BCUT2D eigenvalue weighted by molar-refractivity contribution is 0.0445. The van der Waals surface area contributed by atoms with Crippen LogP contribution >= 0.6 is 27.5 Å². The Labute approximate surface area is 152 Å². The first-order valence-electron chi connectivity index (χ1n) is 8.03. The van der Waals surface area contributed by atoms with Gasteiger partial charge in [-0.25, -0.2) is 4.98 Å². The zero-order valence-corrected chi connectivity index (χ0v) is 16.5. The molecule has 1 amide bonds. The number of nitrogens with one attached hydrogen (secondary N) is 1. The van der Waals surface area contributed by atoms with E-state index >= 15 is 0 Å². The van der Waals surface area contributed by atoms with E-state index in [-0.39, 0.29) is 16.6 Å². The number of pyridine rings is 1. The lowest BCUT2D eigenvalue weighted by Crippen LogP contribution is -2.56. The standard InChI is InChI=1S/C17H25BrClN3O/c1-11-5-12(2)9-22(8-11)17(3,4)10-21-16(23)14-6-13(18)7-20-15(14)19/h6-7,11-12H,5,8-10H2,1-4H3,(H,21,23). The molecule has 23 heavy (non-hydrogen) atoms. The summed E-state index contributed by atoms with van der Waals surface area (Å²) in [5.41, 5.74) is 0.307. The van der Waals surface area contributed by atoms with E-state index in [9.17, 15) is 4.79 Å². The highest BCUT2D eigenvalue weighted by molar-refractivity contribution is 9.10. The normalized spacial score (nSPS) is 22.9. The van der Waals surface area contributed by atoms with E-state index in [1.54, 1.807) is 12.3 Å². The van der Waals surface area contributed by atoms with Crippen molar-refractivity contribution in [3.8, 4) is 0 Å². The molecule has 0 aromatic carbocycles. The van der Waals surface area contributed by atoms with Crippen molar-refractivity contribution in [3.05, 3.63) is 27.5 Å². The summed E-state index contributed by atoms with van der Waals surface area (Å²) in [5.74, 6) is 1.20. The van der Waals surface area contributed by atoms with Gasteiger partial charge in [0, 0.05) is 35.8 Å². The van der Waals surface area contributed by atoms with Crippen LogP contribution < -0.4 is 5.32 Å². The number of amides is 1. The van der Waals surface area contributed by atoms with Gasteiger partial charge in [-0.1, -0.05) is 25.4 Å². The minimum atomic E-state index is -0.185. The Bertz CT molecular complexity index is 569. The highest BCUT2D eigenvalue weighted by atomic mass is 79.9. The molecule has 1 aromatic rings. The van der Waals surface area contributed by atoms with Gasteiger partial charge in [-0.3, -0.25) is 9.69 Å². The van der Waals surface area contributed by atoms with Crippen LogP contribution in [0.3, 0.4) is 0 Å². The quantitative estimate of drug-likeness (QED) is 0.775. The maximum absolute atomic E-state index is 12.4. The second-order valence-electron chi connectivity index (χ2n) is 7.34. The Balaban J connectivity index is 2.01. The summed E-state index contributed by atoms with van der Waals surface area (Å²) in [6.45, 7) is 11.7. The first kappa shape index (κ1) is 18.7. The second kappa shape index (κ2) is 7.49. The lowest BCUT2D eigenvalue weighted by atomic mass is 9.88. The summed E-state index contributed by atoms with van der Waals surface area (Å²) in [4.78, 5) is 18.9. The summed E-state index contributed by atoms with van der Waals surface area (Å²) in [7, 11) is 0. The van der Waals surface area contributed by atoms with E-state index in [1.807, 2.05) is 0 Å². The van der Waals surface area contributed by atoms with Gasteiger partial charge in [-0.15, -0.1) is 0 Å².